The number of hydrogen-bond donors (Lipinski definition) is 1. The molecule has 0 fully saturated rings. The summed E-state index contributed by atoms with van der Waals surface area (Å²) in [5.74, 6) is 1.97. The highest BCUT2D eigenvalue weighted by Crippen LogP contribution is 2.22. The number of ether oxygens (including phenoxy) is 2. The fourth-order valence-electron chi connectivity index (χ4n) is 3.12. The fourth-order valence-corrected chi connectivity index (χ4v) is 3.12. The molecule has 8 heteroatoms. The summed E-state index contributed by atoms with van der Waals surface area (Å²) in [7, 11) is 0. The topological polar surface area (TPSA) is 91.2 Å². The van der Waals surface area contributed by atoms with Gasteiger partial charge in [0, 0.05) is 17.4 Å². The number of anilines is 1. The number of rotatable bonds is 7. The molecule has 0 saturated heterocycles. The monoisotopic (exact) mass is 429 g/mol. The molecule has 4 aromatic rings. The molecule has 32 heavy (non-hydrogen) atoms. The molecule has 1 amide bonds. The summed E-state index contributed by atoms with van der Waals surface area (Å²) in [4.78, 5) is 12.1. The van der Waals surface area contributed by atoms with E-state index in [4.69, 9.17) is 9.47 Å². The van der Waals surface area contributed by atoms with Crippen LogP contribution in [-0.2, 0) is 4.79 Å². The van der Waals surface area contributed by atoms with Gasteiger partial charge in [-0.25, -0.2) is 4.68 Å². The van der Waals surface area contributed by atoms with Crippen molar-refractivity contribution < 1.29 is 14.3 Å². The zero-order valence-electron chi connectivity index (χ0n) is 18.1. The van der Waals surface area contributed by atoms with E-state index >= 15 is 0 Å². The summed E-state index contributed by atoms with van der Waals surface area (Å²) >= 11 is 0. The van der Waals surface area contributed by atoms with E-state index in [9.17, 15) is 4.79 Å². The first kappa shape index (κ1) is 21.0. The van der Waals surface area contributed by atoms with Crippen molar-refractivity contribution in [3.8, 4) is 23.2 Å². The molecular formula is C24H23N5O3. The molecule has 4 rings (SSSR count). The molecule has 0 aliphatic rings. The quantitative estimate of drug-likeness (QED) is 0.468. The lowest BCUT2D eigenvalue weighted by molar-refractivity contribution is -0.118. The van der Waals surface area contributed by atoms with Gasteiger partial charge < -0.3 is 14.8 Å². The Labute approximate surface area is 185 Å². The van der Waals surface area contributed by atoms with E-state index in [-0.39, 0.29) is 12.5 Å². The third-order valence-electron chi connectivity index (χ3n) is 4.57. The number of aryl methyl sites for hydroxylation is 3. The van der Waals surface area contributed by atoms with Gasteiger partial charge in [0.15, 0.2) is 12.4 Å². The molecule has 0 saturated carbocycles. The largest absolute Gasteiger partial charge is 0.484 e. The average Bonchev–Trinajstić information content (AvgIpc) is 3.12. The van der Waals surface area contributed by atoms with Crippen molar-refractivity contribution in [2.45, 2.75) is 20.8 Å². The minimum atomic E-state index is -0.245. The summed E-state index contributed by atoms with van der Waals surface area (Å²) < 4.78 is 13.0. The smallest absolute Gasteiger partial charge is 0.262 e. The minimum absolute atomic E-state index is 0.0705. The Morgan fingerprint density at radius 2 is 1.75 bits per heavy atom. The average molecular weight is 429 g/mol. The Hall–Kier alpha value is -4.20. The molecule has 2 aromatic carbocycles. The molecule has 0 spiro atoms. The van der Waals surface area contributed by atoms with Gasteiger partial charge in [0.05, 0.1) is 5.69 Å². The zero-order chi connectivity index (χ0) is 22.5. The van der Waals surface area contributed by atoms with E-state index in [0.29, 0.717) is 28.9 Å². The normalized spacial score (nSPS) is 10.6. The Balaban J connectivity index is 1.31. The summed E-state index contributed by atoms with van der Waals surface area (Å²) in [5, 5.41) is 15.5. The molecule has 0 aliphatic carbocycles. The van der Waals surface area contributed by atoms with Crippen LogP contribution in [0.25, 0.3) is 5.82 Å². The molecule has 0 unspecified atom stereocenters. The Morgan fingerprint density at radius 1 is 0.938 bits per heavy atom. The molecular weight excluding hydrogens is 406 g/mol. The van der Waals surface area contributed by atoms with Crippen molar-refractivity contribution in [1.29, 1.82) is 0 Å². The summed E-state index contributed by atoms with van der Waals surface area (Å²) in [6, 6.07) is 20.0. The molecule has 1 N–H and O–H groups in total. The maximum Gasteiger partial charge on any atom is 0.262 e. The van der Waals surface area contributed by atoms with Gasteiger partial charge in [-0.3, -0.25) is 4.79 Å². The van der Waals surface area contributed by atoms with E-state index in [1.54, 1.807) is 41.1 Å². The van der Waals surface area contributed by atoms with Crippen molar-refractivity contribution in [2.75, 3.05) is 11.9 Å². The lowest BCUT2D eigenvalue weighted by atomic mass is 10.2. The second-order valence-corrected chi connectivity index (χ2v) is 7.35. The van der Waals surface area contributed by atoms with Crippen LogP contribution in [0.3, 0.4) is 0 Å². The third-order valence-corrected chi connectivity index (χ3v) is 4.57. The number of amides is 1. The van der Waals surface area contributed by atoms with Crippen LogP contribution in [0.4, 0.5) is 5.69 Å². The van der Waals surface area contributed by atoms with Crippen LogP contribution in [0.5, 0.6) is 17.4 Å². The van der Waals surface area contributed by atoms with Crippen LogP contribution in [-0.4, -0.2) is 32.5 Å². The lowest BCUT2D eigenvalue weighted by Gasteiger charge is -2.09. The van der Waals surface area contributed by atoms with Crippen molar-refractivity contribution in [3.05, 3.63) is 83.7 Å². The highest BCUT2D eigenvalue weighted by Gasteiger charge is 2.08. The maximum absolute atomic E-state index is 12.1. The van der Waals surface area contributed by atoms with Crippen molar-refractivity contribution >= 4 is 11.6 Å². The first-order valence-corrected chi connectivity index (χ1v) is 10.1. The second kappa shape index (κ2) is 9.30. The Morgan fingerprint density at radius 3 is 2.41 bits per heavy atom. The number of aromatic nitrogens is 4. The van der Waals surface area contributed by atoms with Crippen LogP contribution in [0, 0.1) is 20.8 Å². The van der Waals surface area contributed by atoms with E-state index < -0.39 is 0 Å². The van der Waals surface area contributed by atoms with Gasteiger partial charge in [-0.2, -0.15) is 5.10 Å². The standard InChI is InChI=1S/C24H23N5O3/c1-16-5-4-6-21(13-16)31-15-23(30)25-19-7-9-20(10-8-19)32-24-12-11-22(26-27-24)29-18(3)14-17(2)28-29/h4-14H,15H2,1-3H3,(H,25,30). The van der Waals surface area contributed by atoms with Gasteiger partial charge >= 0.3 is 0 Å². The Kier molecular flexibility index (Phi) is 6.12. The van der Waals surface area contributed by atoms with Crippen molar-refractivity contribution in [3.63, 3.8) is 0 Å². The van der Waals surface area contributed by atoms with Crippen LogP contribution in [0.1, 0.15) is 17.0 Å². The number of hydrogen-bond acceptors (Lipinski definition) is 6. The SMILES string of the molecule is Cc1cccc(OCC(=O)Nc2ccc(Oc3ccc(-n4nc(C)cc4C)nn3)cc2)c1. The number of carbonyl (C=O) groups excluding carboxylic acids is 1. The van der Waals surface area contributed by atoms with Crippen molar-refractivity contribution in [1.82, 2.24) is 20.0 Å². The first-order chi connectivity index (χ1) is 15.5. The molecule has 2 heterocycles. The molecule has 0 atom stereocenters. The lowest BCUT2D eigenvalue weighted by Crippen LogP contribution is -2.20. The van der Waals surface area contributed by atoms with E-state index in [1.807, 2.05) is 51.1 Å². The molecule has 8 nitrogen and oxygen atoms in total. The highest BCUT2D eigenvalue weighted by atomic mass is 16.5. The van der Waals surface area contributed by atoms with Gasteiger partial charge in [-0.15, -0.1) is 10.2 Å². The molecule has 0 radical (unpaired) electrons. The van der Waals surface area contributed by atoms with Crippen LogP contribution in [0.2, 0.25) is 0 Å². The third kappa shape index (κ3) is 5.28. The molecule has 0 aliphatic heterocycles. The minimum Gasteiger partial charge on any atom is -0.484 e. The number of carbonyl (C=O) groups is 1. The van der Waals surface area contributed by atoms with Gasteiger partial charge in [0.25, 0.3) is 5.91 Å². The van der Waals surface area contributed by atoms with Crippen molar-refractivity contribution in [2.24, 2.45) is 0 Å². The fraction of sp³-hybridized carbons (Fsp3) is 0.167. The van der Waals surface area contributed by atoms with E-state index in [1.165, 1.54) is 0 Å². The summed E-state index contributed by atoms with van der Waals surface area (Å²) in [6.07, 6.45) is 0. The first-order valence-electron chi connectivity index (χ1n) is 10.1. The number of benzene rings is 2. The van der Waals surface area contributed by atoms with E-state index in [0.717, 1.165) is 17.0 Å². The molecule has 0 bridgehead atoms. The predicted octanol–water partition coefficient (Wildman–Crippen LogP) is 4.40. The van der Waals surface area contributed by atoms with Gasteiger partial charge in [0.1, 0.15) is 11.5 Å². The van der Waals surface area contributed by atoms with Gasteiger partial charge in [-0.05, 0) is 74.9 Å². The maximum atomic E-state index is 12.1. The summed E-state index contributed by atoms with van der Waals surface area (Å²) in [6.45, 7) is 5.79. The van der Waals surface area contributed by atoms with Crippen LogP contribution in [0.15, 0.2) is 66.7 Å². The number of nitrogens with one attached hydrogen (secondary N) is 1. The van der Waals surface area contributed by atoms with E-state index in [2.05, 4.69) is 20.6 Å². The Bertz CT molecular complexity index is 1220. The number of nitrogens with zero attached hydrogens (tertiary/aromatic N) is 4. The molecule has 162 valence electrons. The predicted molar refractivity (Wildman–Crippen MR) is 120 cm³/mol. The second-order valence-electron chi connectivity index (χ2n) is 7.35. The van der Waals surface area contributed by atoms with Crippen LogP contribution >= 0.6 is 0 Å². The zero-order valence-corrected chi connectivity index (χ0v) is 18.1. The summed E-state index contributed by atoms with van der Waals surface area (Å²) in [5.41, 5.74) is 3.61. The van der Waals surface area contributed by atoms with Gasteiger partial charge in [0.2, 0.25) is 5.88 Å². The molecule has 2 aromatic heterocycles. The highest BCUT2D eigenvalue weighted by molar-refractivity contribution is 5.91. The van der Waals surface area contributed by atoms with Gasteiger partial charge in [-0.1, -0.05) is 12.1 Å². The van der Waals surface area contributed by atoms with Crippen LogP contribution < -0.4 is 14.8 Å².